The van der Waals surface area contributed by atoms with Crippen LogP contribution in [-0.4, -0.2) is 40.7 Å². The molecule has 0 unspecified atom stereocenters. The van der Waals surface area contributed by atoms with Crippen molar-refractivity contribution in [1.82, 2.24) is 5.32 Å². The number of halogens is 3. The standard InChI is InChI=1S/C20H23F3N2O4S/c1-14-4-9-18(12-15(14)2)30(27,28)25(16-5-7-17(29-3)8-6-16)11-10-19(26)24-13-20(21,22)23/h4-9,12H,10-11,13H2,1-3H3,(H,24,26). The molecule has 0 fully saturated rings. The van der Waals surface area contributed by atoms with Crippen molar-refractivity contribution in [3.05, 3.63) is 53.6 Å². The first-order chi connectivity index (χ1) is 13.9. The van der Waals surface area contributed by atoms with Crippen LogP contribution in [0.5, 0.6) is 5.75 Å². The lowest BCUT2D eigenvalue weighted by Crippen LogP contribution is -2.38. The molecule has 2 rings (SSSR count). The Morgan fingerprint density at radius 2 is 1.70 bits per heavy atom. The number of ether oxygens (including phenoxy) is 1. The molecule has 2 aromatic rings. The second-order valence-corrected chi connectivity index (χ2v) is 8.53. The van der Waals surface area contributed by atoms with Crippen molar-refractivity contribution in [3.8, 4) is 5.75 Å². The third kappa shape index (κ3) is 6.12. The van der Waals surface area contributed by atoms with Crippen LogP contribution in [0.25, 0.3) is 0 Å². The number of carbonyl (C=O) groups excluding carboxylic acids is 1. The largest absolute Gasteiger partial charge is 0.497 e. The Morgan fingerprint density at radius 1 is 1.07 bits per heavy atom. The van der Waals surface area contributed by atoms with Crippen LogP contribution in [0.15, 0.2) is 47.4 Å². The van der Waals surface area contributed by atoms with Crippen molar-refractivity contribution in [2.45, 2.75) is 31.3 Å². The van der Waals surface area contributed by atoms with Crippen molar-refractivity contribution >= 4 is 21.6 Å². The van der Waals surface area contributed by atoms with Gasteiger partial charge < -0.3 is 10.1 Å². The summed E-state index contributed by atoms with van der Waals surface area (Å²) in [4.78, 5) is 11.9. The monoisotopic (exact) mass is 444 g/mol. The normalized spacial score (nSPS) is 11.8. The summed E-state index contributed by atoms with van der Waals surface area (Å²) in [6, 6.07) is 10.8. The number of sulfonamides is 1. The highest BCUT2D eigenvalue weighted by atomic mass is 32.2. The average molecular weight is 444 g/mol. The molecule has 0 saturated heterocycles. The van der Waals surface area contributed by atoms with Crippen LogP contribution in [0.2, 0.25) is 0 Å². The molecule has 10 heteroatoms. The number of anilines is 1. The fourth-order valence-corrected chi connectivity index (χ4v) is 4.18. The lowest BCUT2D eigenvalue weighted by atomic mass is 10.1. The molecule has 30 heavy (non-hydrogen) atoms. The van der Waals surface area contributed by atoms with Gasteiger partial charge in [0.1, 0.15) is 12.3 Å². The fourth-order valence-electron chi connectivity index (χ4n) is 2.63. The molecule has 6 nitrogen and oxygen atoms in total. The lowest BCUT2D eigenvalue weighted by Gasteiger charge is -2.25. The minimum absolute atomic E-state index is 0.0251. The highest BCUT2D eigenvalue weighted by molar-refractivity contribution is 7.92. The molecule has 0 bridgehead atoms. The van der Waals surface area contributed by atoms with Gasteiger partial charge in [-0.05, 0) is 61.4 Å². The summed E-state index contributed by atoms with van der Waals surface area (Å²) in [6.45, 7) is 1.82. The van der Waals surface area contributed by atoms with E-state index in [0.717, 1.165) is 15.4 Å². The molecule has 1 N–H and O–H groups in total. The zero-order valence-corrected chi connectivity index (χ0v) is 17.6. The summed E-state index contributed by atoms with van der Waals surface area (Å²) in [5.74, 6) is -0.397. The third-order valence-corrected chi connectivity index (χ3v) is 6.28. The quantitative estimate of drug-likeness (QED) is 0.676. The number of hydrogen-bond acceptors (Lipinski definition) is 4. The van der Waals surface area contributed by atoms with E-state index >= 15 is 0 Å². The molecule has 0 aliphatic heterocycles. The SMILES string of the molecule is COc1ccc(N(CCC(=O)NCC(F)(F)F)S(=O)(=O)c2ccc(C)c(C)c2)cc1. The van der Waals surface area contributed by atoms with Gasteiger partial charge in [-0.15, -0.1) is 0 Å². The van der Waals surface area contributed by atoms with E-state index in [1.54, 1.807) is 30.4 Å². The van der Waals surface area contributed by atoms with Crippen LogP contribution in [0, 0.1) is 13.8 Å². The van der Waals surface area contributed by atoms with Crippen molar-refractivity contribution in [1.29, 1.82) is 0 Å². The zero-order valence-electron chi connectivity index (χ0n) is 16.8. The predicted octanol–water partition coefficient (Wildman–Crippen LogP) is 3.58. The van der Waals surface area contributed by atoms with Gasteiger partial charge in [-0.3, -0.25) is 9.10 Å². The highest BCUT2D eigenvalue weighted by Gasteiger charge is 2.29. The number of rotatable bonds is 8. The molecular weight excluding hydrogens is 421 g/mol. The van der Waals surface area contributed by atoms with Crippen LogP contribution in [0.1, 0.15) is 17.5 Å². The summed E-state index contributed by atoms with van der Waals surface area (Å²) in [5.41, 5.74) is 1.95. The number of aryl methyl sites for hydroxylation is 2. The maximum absolute atomic E-state index is 13.3. The molecule has 0 atom stereocenters. The second kappa shape index (κ2) is 9.38. The summed E-state index contributed by atoms with van der Waals surface area (Å²) in [7, 11) is -2.60. The molecule has 0 radical (unpaired) electrons. The van der Waals surface area contributed by atoms with Gasteiger partial charge in [-0.1, -0.05) is 6.07 Å². The van der Waals surface area contributed by atoms with E-state index in [2.05, 4.69) is 0 Å². The maximum Gasteiger partial charge on any atom is 0.405 e. The molecule has 0 aliphatic rings. The van der Waals surface area contributed by atoms with Gasteiger partial charge in [0, 0.05) is 13.0 Å². The van der Waals surface area contributed by atoms with E-state index in [4.69, 9.17) is 4.74 Å². The van der Waals surface area contributed by atoms with Crippen LogP contribution in [0.3, 0.4) is 0 Å². The lowest BCUT2D eigenvalue weighted by molar-refractivity contribution is -0.138. The molecule has 0 heterocycles. The number of hydrogen-bond donors (Lipinski definition) is 1. The first kappa shape index (κ1) is 23.5. The molecular formula is C20H23F3N2O4S. The van der Waals surface area contributed by atoms with Gasteiger partial charge in [0.05, 0.1) is 17.7 Å². The number of amides is 1. The van der Waals surface area contributed by atoms with Crippen LogP contribution >= 0.6 is 0 Å². The molecule has 2 aromatic carbocycles. The Morgan fingerprint density at radius 3 is 2.23 bits per heavy atom. The number of nitrogens with zero attached hydrogens (tertiary/aromatic N) is 1. The van der Waals surface area contributed by atoms with Gasteiger partial charge in [-0.2, -0.15) is 13.2 Å². The van der Waals surface area contributed by atoms with E-state index in [9.17, 15) is 26.4 Å². The van der Waals surface area contributed by atoms with Gasteiger partial charge in [0.15, 0.2) is 0 Å². The Hall–Kier alpha value is -2.75. The molecule has 0 spiro atoms. The van der Waals surface area contributed by atoms with E-state index in [-0.39, 0.29) is 17.1 Å². The van der Waals surface area contributed by atoms with Gasteiger partial charge >= 0.3 is 6.18 Å². The molecule has 0 aromatic heterocycles. The van der Waals surface area contributed by atoms with Crippen molar-refractivity contribution in [3.63, 3.8) is 0 Å². The Bertz CT molecular complexity index is 990. The van der Waals surface area contributed by atoms with E-state index in [0.29, 0.717) is 5.75 Å². The third-order valence-electron chi connectivity index (χ3n) is 4.45. The average Bonchev–Trinajstić information content (AvgIpc) is 2.68. The second-order valence-electron chi connectivity index (χ2n) is 6.66. The van der Waals surface area contributed by atoms with Crippen LogP contribution in [0.4, 0.5) is 18.9 Å². The molecule has 0 saturated carbocycles. The molecule has 0 aliphatic carbocycles. The number of alkyl halides is 3. The topological polar surface area (TPSA) is 75.7 Å². The minimum atomic E-state index is -4.54. The predicted molar refractivity (Wildman–Crippen MR) is 107 cm³/mol. The maximum atomic E-state index is 13.3. The highest BCUT2D eigenvalue weighted by Crippen LogP contribution is 2.27. The van der Waals surface area contributed by atoms with Gasteiger partial charge in [-0.25, -0.2) is 8.42 Å². The Labute approximate surface area is 173 Å². The first-order valence-electron chi connectivity index (χ1n) is 9.01. The van der Waals surface area contributed by atoms with Crippen molar-refractivity contribution in [2.75, 3.05) is 24.5 Å². The molecule has 1 amide bonds. The summed E-state index contributed by atoms with van der Waals surface area (Å²) >= 11 is 0. The van der Waals surface area contributed by atoms with Crippen LogP contribution < -0.4 is 14.4 Å². The Kier molecular flexibility index (Phi) is 7.35. The zero-order chi connectivity index (χ0) is 22.5. The van der Waals surface area contributed by atoms with Gasteiger partial charge in [0.2, 0.25) is 5.91 Å². The van der Waals surface area contributed by atoms with Crippen molar-refractivity contribution in [2.24, 2.45) is 0 Å². The summed E-state index contributed by atoms with van der Waals surface area (Å²) < 4.78 is 69.5. The smallest absolute Gasteiger partial charge is 0.405 e. The van der Waals surface area contributed by atoms with Crippen LogP contribution in [-0.2, 0) is 14.8 Å². The van der Waals surface area contributed by atoms with E-state index < -0.39 is 35.1 Å². The van der Waals surface area contributed by atoms with E-state index in [1.807, 2.05) is 6.92 Å². The number of nitrogens with one attached hydrogen (secondary N) is 1. The Balaban J connectivity index is 2.32. The first-order valence-corrected chi connectivity index (χ1v) is 10.5. The summed E-state index contributed by atoms with van der Waals surface area (Å²) in [6.07, 6.45) is -4.98. The number of methoxy groups -OCH3 is 1. The van der Waals surface area contributed by atoms with Crippen molar-refractivity contribution < 1.29 is 31.1 Å². The van der Waals surface area contributed by atoms with Gasteiger partial charge in [0.25, 0.3) is 10.0 Å². The minimum Gasteiger partial charge on any atom is -0.497 e. The molecule has 164 valence electrons. The number of carbonyl (C=O) groups is 1. The number of benzene rings is 2. The summed E-state index contributed by atoms with van der Waals surface area (Å²) in [5, 5.41) is 1.75. The van der Waals surface area contributed by atoms with E-state index in [1.165, 1.54) is 31.4 Å². The fraction of sp³-hybridized carbons (Fsp3) is 0.350.